The first kappa shape index (κ1) is 14.0. The molecule has 2 aromatic rings. The van der Waals surface area contributed by atoms with Crippen LogP contribution in [0.15, 0.2) is 30.6 Å². The van der Waals surface area contributed by atoms with Crippen LogP contribution < -0.4 is 5.32 Å². The monoisotopic (exact) mass is 288 g/mol. The van der Waals surface area contributed by atoms with E-state index in [0.717, 1.165) is 17.1 Å². The normalized spacial score (nSPS) is 18.6. The number of benzene rings is 1. The zero-order valence-corrected chi connectivity index (χ0v) is 12.5. The molecule has 1 aliphatic heterocycles. The van der Waals surface area contributed by atoms with Gasteiger partial charge in [0, 0.05) is 18.3 Å². The van der Waals surface area contributed by atoms with Crippen LogP contribution in [0.25, 0.3) is 11.4 Å². The van der Waals surface area contributed by atoms with E-state index in [9.17, 15) is 0 Å². The summed E-state index contributed by atoms with van der Waals surface area (Å²) in [6, 6.07) is 8.29. The molecule has 0 unspecified atom stereocenters. The Morgan fingerprint density at radius 1 is 1.19 bits per heavy atom. The SMILES string of the molecule is Cn1cnnc1-c1ccc(NC2COC(C)(C)OC2)cc1. The molecular formula is C15H20N4O2. The fourth-order valence-corrected chi connectivity index (χ4v) is 2.27. The molecule has 0 amide bonds. The van der Waals surface area contributed by atoms with E-state index in [4.69, 9.17) is 9.47 Å². The first-order valence-corrected chi connectivity index (χ1v) is 7.02. The van der Waals surface area contributed by atoms with Gasteiger partial charge in [0.2, 0.25) is 0 Å². The van der Waals surface area contributed by atoms with Gasteiger partial charge in [-0.3, -0.25) is 0 Å². The zero-order chi connectivity index (χ0) is 14.9. The van der Waals surface area contributed by atoms with Gasteiger partial charge in [-0.25, -0.2) is 0 Å². The smallest absolute Gasteiger partial charge is 0.163 e. The van der Waals surface area contributed by atoms with Gasteiger partial charge in [0.15, 0.2) is 11.6 Å². The van der Waals surface area contributed by atoms with Crippen molar-refractivity contribution in [3.8, 4) is 11.4 Å². The summed E-state index contributed by atoms with van der Waals surface area (Å²) < 4.78 is 13.2. The lowest BCUT2D eigenvalue weighted by atomic mass is 10.1. The molecule has 2 heterocycles. The second-order valence-electron chi connectivity index (χ2n) is 5.71. The van der Waals surface area contributed by atoms with E-state index in [0.29, 0.717) is 13.2 Å². The van der Waals surface area contributed by atoms with Gasteiger partial charge in [-0.1, -0.05) is 0 Å². The van der Waals surface area contributed by atoms with Gasteiger partial charge in [-0.15, -0.1) is 10.2 Å². The minimum Gasteiger partial charge on any atom is -0.378 e. The first-order chi connectivity index (χ1) is 10.0. The van der Waals surface area contributed by atoms with Crippen LogP contribution in [-0.2, 0) is 16.5 Å². The lowest BCUT2D eigenvalue weighted by Crippen LogP contribution is -2.45. The van der Waals surface area contributed by atoms with Gasteiger partial charge in [-0.05, 0) is 38.1 Å². The van der Waals surface area contributed by atoms with Crippen LogP contribution in [-0.4, -0.2) is 39.8 Å². The van der Waals surface area contributed by atoms with Gasteiger partial charge in [0.05, 0.1) is 19.3 Å². The summed E-state index contributed by atoms with van der Waals surface area (Å²) in [6.45, 7) is 5.13. The quantitative estimate of drug-likeness (QED) is 0.936. The van der Waals surface area contributed by atoms with Crippen molar-refractivity contribution in [2.45, 2.75) is 25.7 Å². The van der Waals surface area contributed by atoms with Crippen molar-refractivity contribution in [1.82, 2.24) is 14.8 Å². The molecule has 0 bridgehead atoms. The van der Waals surface area contributed by atoms with Crippen LogP contribution in [0.5, 0.6) is 0 Å². The predicted molar refractivity (Wildman–Crippen MR) is 79.8 cm³/mol. The fourth-order valence-electron chi connectivity index (χ4n) is 2.27. The number of nitrogens with zero attached hydrogens (tertiary/aromatic N) is 3. The summed E-state index contributed by atoms with van der Waals surface area (Å²) in [4.78, 5) is 0. The van der Waals surface area contributed by atoms with E-state index in [1.54, 1.807) is 6.33 Å². The highest BCUT2D eigenvalue weighted by Crippen LogP contribution is 2.22. The van der Waals surface area contributed by atoms with Crippen molar-refractivity contribution in [3.63, 3.8) is 0 Å². The molecule has 0 aliphatic carbocycles. The third-order valence-electron chi connectivity index (χ3n) is 3.49. The molecule has 6 heteroatoms. The fraction of sp³-hybridized carbons (Fsp3) is 0.467. The number of hydrogen-bond acceptors (Lipinski definition) is 5. The Labute approximate surface area is 124 Å². The highest BCUT2D eigenvalue weighted by Gasteiger charge is 2.28. The highest BCUT2D eigenvalue weighted by atomic mass is 16.7. The summed E-state index contributed by atoms with van der Waals surface area (Å²) in [5.41, 5.74) is 2.08. The average Bonchev–Trinajstić information content (AvgIpc) is 2.88. The van der Waals surface area contributed by atoms with Crippen molar-refractivity contribution in [2.75, 3.05) is 18.5 Å². The molecular weight excluding hydrogens is 268 g/mol. The van der Waals surface area contributed by atoms with Crippen LogP contribution in [0.1, 0.15) is 13.8 Å². The molecule has 112 valence electrons. The van der Waals surface area contributed by atoms with Gasteiger partial charge in [0.1, 0.15) is 6.33 Å². The van der Waals surface area contributed by atoms with E-state index in [-0.39, 0.29) is 6.04 Å². The lowest BCUT2D eigenvalue weighted by molar-refractivity contribution is -0.247. The maximum absolute atomic E-state index is 5.64. The van der Waals surface area contributed by atoms with Crippen LogP contribution in [0, 0.1) is 0 Å². The summed E-state index contributed by atoms with van der Waals surface area (Å²) in [5, 5.41) is 11.4. The Morgan fingerprint density at radius 2 is 1.86 bits per heavy atom. The molecule has 6 nitrogen and oxygen atoms in total. The highest BCUT2D eigenvalue weighted by molar-refractivity contribution is 5.59. The zero-order valence-electron chi connectivity index (χ0n) is 12.5. The molecule has 1 aromatic carbocycles. The maximum atomic E-state index is 5.64. The number of aromatic nitrogens is 3. The van der Waals surface area contributed by atoms with E-state index in [2.05, 4.69) is 15.5 Å². The Balaban J connectivity index is 1.64. The van der Waals surface area contributed by atoms with Crippen molar-refractivity contribution in [1.29, 1.82) is 0 Å². The molecule has 0 saturated carbocycles. The lowest BCUT2D eigenvalue weighted by Gasteiger charge is -2.35. The molecule has 1 N–H and O–H groups in total. The second-order valence-corrected chi connectivity index (χ2v) is 5.71. The molecule has 0 atom stereocenters. The van der Waals surface area contributed by atoms with Crippen molar-refractivity contribution >= 4 is 5.69 Å². The van der Waals surface area contributed by atoms with Gasteiger partial charge in [0.25, 0.3) is 0 Å². The first-order valence-electron chi connectivity index (χ1n) is 7.02. The molecule has 3 rings (SSSR count). The molecule has 1 aliphatic rings. The Bertz CT molecular complexity index is 596. The number of hydrogen-bond donors (Lipinski definition) is 1. The topological polar surface area (TPSA) is 61.2 Å². The minimum absolute atomic E-state index is 0.165. The Morgan fingerprint density at radius 3 is 2.43 bits per heavy atom. The van der Waals surface area contributed by atoms with E-state index >= 15 is 0 Å². The number of nitrogens with one attached hydrogen (secondary N) is 1. The van der Waals surface area contributed by atoms with E-state index < -0.39 is 5.79 Å². The molecule has 1 fully saturated rings. The van der Waals surface area contributed by atoms with Gasteiger partial charge in [-0.2, -0.15) is 0 Å². The molecule has 0 radical (unpaired) electrons. The summed E-state index contributed by atoms with van der Waals surface area (Å²) in [5.74, 6) is 0.375. The molecule has 1 saturated heterocycles. The number of rotatable bonds is 3. The second kappa shape index (κ2) is 5.46. The Hall–Kier alpha value is -1.92. The van der Waals surface area contributed by atoms with Crippen molar-refractivity contribution < 1.29 is 9.47 Å². The number of anilines is 1. The third kappa shape index (κ3) is 3.22. The van der Waals surface area contributed by atoms with Crippen LogP contribution in [0.2, 0.25) is 0 Å². The van der Waals surface area contributed by atoms with Gasteiger partial charge >= 0.3 is 0 Å². The van der Waals surface area contributed by atoms with E-state index in [1.165, 1.54) is 0 Å². The van der Waals surface area contributed by atoms with Crippen molar-refractivity contribution in [3.05, 3.63) is 30.6 Å². The summed E-state index contributed by atoms with van der Waals surface area (Å²) in [7, 11) is 1.93. The van der Waals surface area contributed by atoms with E-state index in [1.807, 2.05) is 49.7 Å². The Kier molecular flexibility index (Phi) is 3.65. The molecule has 1 aromatic heterocycles. The molecule has 0 spiro atoms. The van der Waals surface area contributed by atoms with Crippen LogP contribution in [0.4, 0.5) is 5.69 Å². The predicted octanol–water partition coefficient (Wildman–Crippen LogP) is 2.05. The van der Waals surface area contributed by atoms with Crippen molar-refractivity contribution in [2.24, 2.45) is 7.05 Å². The maximum Gasteiger partial charge on any atom is 0.163 e. The standard InChI is InChI=1S/C15H20N4O2/c1-15(2)20-8-13(9-21-15)17-12-6-4-11(5-7-12)14-18-16-10-19(14)3/h4-7,10,13,17H,8-9H2,1-3H3. The largest absolute Gasteiger partial charge is 0.378 e. The summed E-state index contributed by atoms with van der Waals surface area (Å²) >= 11 is 0. The number of aryl methyl sites for hydroxylation is 1. The minimum atomic E-state index is -0.479. The number of ether oxygens (including phenoxy) is 2. The average molecular weight is 288 g/mol. The third-order valence-corrected chi connectivity index (χ3v) is 3.49. The molecule has 21 heavy (non-hydrogen) atoms. The van der Waals surface area contributed by atoms with Crippen LogP contribution in [0.3, 0.4) is 0 Å². The van der Waals surface area contributed by atoms with Gasteiger partial charge < -0.3 is 19.4 Å². The van der Waals surface area contributed by atoms with Crippen LogP contribution >= 0.6 is 0 Å². The summed E-state index contributed by atoms with van der Waals surface area (Å²) in [6.07, 6.45) is 1.69.